The Morgan fingerprint density at radius 2 is 1.90 bits per heavy atom. The minimum Gasteiger partial charge on any atom is -0.497 e. The van der Waals surface area contributed by atoms with E-state index in [2.05, 4.69) is 15.2 Å². The van der Waals surface area contributed by atoms with Gasteiger partial charge in [-0.25, -0.2) is 13.4 Å². The highest BCUT2D eigenvalue weighted by molar-refractivity contribution is 7.99. The molecule has 2 fully saturated rings. The van der Waals surface area contributed by atoms with E-state index in [1.165, 1.54) is 18.2 Å². The van der Waals surface area contributed by atoms with Crippen molar-refractivity contribution in [3.05, 3.63) is 24.3 Å². The van der Waals surface area contributed by atoms with Crippen molar-refractivity contribution in [2.75, 3.05) is 24.4 Å². The molecule has 1 aliphatic heterocycles. The molecule has 31 heavy (non-hydrogen) atoms. The molecule has 10 heteroatoms. The standard InChI is InChI=1S/C21H28N4O4S2/c1-29-18-9-7-15(8-10-18)20-22-21(24-23-20)30-13-19(26)25(16-5-3-2-4-6-16)17-11-12-31(27,28)14-17/h7-10,16-17H,2-6,11-14H2,1H3,(H,22,23,24)/t17-/m1/s1. The van der Waals surface area contributed by atoms with Crippen LogP contribution in [0.5, 0.6) is 5.75 Å². The number of benzene rings is 1. The van der Waals surface area contributed by atoms with E-state index in [0.29, 0.717) is 17.4 Å². The molecule has 2 aliphatic rings. The van der Waals surface area contributed by atoms with Gasteiger partial charge in [0.2, 0.25) is 11.1 Å². The van der Waals surface area contributed by atoms with Crippen LogP contribution in [0.3, 0.4) is 0 Å². The molecule has 168 valence electrons. The van der Waals surface area contributed by atoms with Crippen LogP contribution in [0.25, 0.3) is 11.4 Å². The molecule has 1 aliphatic carbocycles. The molecule has 2 aromatic rings. The number of amides is 1. The van der Waals surface area contributed by atoms with Crippen molar-refractivity contribution in [1.82, 2.24) is 20.1 Å². The lowest BCUT2D eigenvalue weighted by molar-refractivity contribution is -0.133. The molecule has 0 radical (unpaired) electrons. The van der Waals surface area contributed by atoms with Crippen LogP contribution in [-0.2, 0) is 14.6 Å². The Kier molecular flexibility index (Phi) is 6.86. The van der Waals surface area contributed by atoms with E-state index in [-0.39, 0.29) is 35.2 Å². The van der Waals surface area contributed by atoms with Crippen LogP contribution in [0.4, 0.5) is 0 Å². The van der Waals surface area contributed by atoms with Gasteiger partial charge in [0, 0.05) is 17.6 Å². The summed E-state index contributed by atoms with van der Waals surface area (Å²) in [6.07, 6.45) is 5.81. The number of aromatic nitrogens is 3. The molecule has 2 heterocycles. The van der Waals surface area contributed by atoms with Gasteiger partial charge in [0.1, 0.15) is 5.75 Å². The molecule has 0 spiro atoms. The summed E-state index contributed by atoms with van der Waals surface area (Å²) in [6.45, 7) is 0. The van der Waals surface area contributed by atoms with Crippen LogP contribution in [-0.4, -0.2) is 70.9 Å². The van der Waals surface area contributed by atoms with E-state index >= 15 is 0 Å². The van der Waals surface area contributed by atoms with Crippen molar-refractivity contribution in [3.63, 3.8) is 0 Å². The minimum atomic E-state index is -3.05. The van der Waals surface area contributed by atoms with Gasteiger partial charge < -0.3 is 9.64 Å². The Labute approximate surface area is 187 Å². The number of methoxy groups -OCH3 is 1. The number of nitrogens with zero attached hydrogens (tertiary/aromatic N) is 3. The lowest BCUT2D eigenvalue weighted by Gasteiger charge is -2.38. The second-order valence-corrected chi connectivity index (χ2v) is 11.3. The number of ether oxygens (including phenoxy) is 1. The fourth-order valence-corrected chi connectivity index (χ4v) is 6.83. The van der Waals surface area contributed by atoms with E-state index < -0.39 is 9.84 Å². The van der Waals surface area contributed by atoms with E-state index in [0.717, 1.165) is 37.0 Å². The first-order valence-electron chi connectivity index (χ1n) is 10.7. The van der Waals surface area contributed by atoms with Crippen LogP contribution in [0, 0.1) is 0 Å². The summed E-state index contributed by atoms with van der Waals surface area (Å²) in [7, 11) is -1.43. The second kappa shape index (κ2) is 9.60. The number of H-pyrrole nitrogens is 1. The number of carbonyl (C=O) groups is 1. The van der Waals surface area contributed by atoms with Crippen molar-refractivity contribution >= 4 is 27.5 Å². The number of aromatic amines is 1. The zero-order chi connectivity index (χ0) is 21.8. The van der Waals surface area contributed by atoms with Crippen LogP contribution < -0.4 is 4.74 Å². The van der Waals surface area contributed by atoms with Crippen LogP contribution >= 0.6 is 11.8 Å². The van der Waals surface area contributed by atoms with Crippen molar-refractivity contribution < 1.29 is 17.9 Å². The predicted octanol–water partition coefficient (Wildman–Crippen LogP) is 2.92. The number of nitrogens with one attached hydrogen (secondary N) is 1. The number of hydrogen-bond acceptors (Lipinski definition) is 7. The molecule has 0 unspecified atom stereocenters. The molecule has 1 aromatic heterocycles. The SMILES string of the molecule is COc1ccc(-c2nc(SCC(=O)N(C3CCCCC3)[C@@H]3CCS(=O)(=O)C3)n[nH]2)cc1. The van der Waals surface area contributed by atoms with Crippen LogP contribution in [0.1, 0.15) is 38.5 Å². The largest absolute Gasteiger partial charge is 0.497 e. The summed E-state index contributed by atoms with van der Waals surface area (Å²) in [6, 6.07) is 7.43. The van der Waals surface area contributed by atoms with Gasteiger partial charge in [-0.15, -0.1) is 5.10 Å². The van der Waals surface area contributed by atoms with Gasteiger partial charge in [0.25, 0.3) is 0 Å². The molecular weight excluding hydrogens is 436 g/mol. The monoisotopic (exact) mass is 464 g/mol. The molecule has 1 saturated heterocycles. The number of carbonyl (C=O) groups excluding carboxylic acids is 1. The predicted molar refractivity (Wildman–Crippen MR) is 120 cm³/mol. The average Bonchev–Trinajstić information content (AvgIpc) is 3.39. The first-order chi connectivity index (χ1) is 14.9. The van der Waals surface area contributed by atoms with Gasteiger partial charge in [0.05, 0.1) is 24.4 Å². The fraction of sp³-hybridized carbons (Fsp3) is 0.571. The maximum atomic E-state index is 13.2. The molecule has 4 rings (SSSR count). The number of thioether (sulfide) groups is 1. The summed E-state index contributed by atoms with van der Waals surface area (Å²) in [5.41, 5.74) is 0.881. The maximum Gasteiger partial charge on any atom is 0.233 e. The molecule has 0 bridgehead atoms. The van der Waals surface area contributed by atoms with Gasteiger partial charge in [0.15, 0.2) is 15.7 Å². The molecular formula is C21H28N4O4S2. The highest BCUT2D eigenvalue weighted by atomic mass is 32.2. The van der Waals surface area contributed by atoms with E-state index in [1.54, 1.807) is 7.11 Å². The summed E-state index contributed by atoms with van der Waals surface area (Å²) >= 11 is 1.28. The van der Waals surface area contributed by atoms with Gasteiger partial charge in [-0.05, 0) is 43.5 Å². The Balaban J connectivity index is 1.42. The lowest BCUT2D eigenvalue weighted by atomic mass is 9.93. The Morgan fingerprint density at radius 3 is 2.55 bits per heavy atom. The average molecular weight is 465 g/mol. The third-order valence-corrected chi connectivity index (χ3v) is 8.59. The number of sulfone groups is 1. The lowest BCUT2D eigenvalue weighted by Crippen LogP contribution is -2.49. The van der Waals surface area contributed by atoms with E-state index in [4.69, 9.17) is 4.74 Å². The van der Waals surface area contributed by atoms with Crippen LogP contribution in [0.15, 0.2) is 29.4 Å². The van der Waals surface area contributed by atoms with Crippen molar-refractivity contribution in [2.45, 2.75) is 55.8 Å². The molecule has 1 atom stereocenters. The molecule has 1 N–H and O–H groups in total. The van der Waals surface area contributed by atoms with Crippen LogP contribution in [0.2, 0.25) is 0 Å². The van der Waals surface area contributed by atoms with E-state index in [9.17, 15) is 13.2 Å². The zero-order valence-electron chi connectivity index (χ0n) is 17.6. The Bertz CT molecular complexity index is 1000. The number of hydrogen-bond donors (Lipinski definition) is 1. The first-order valence-corrected chi connectivity index (χ1v) is 13.5. The topological polar surface area (TPSA) is 105 Å². The zero-order valence-corrected chi connectivity index (χ0v) is 19.3. The molecule has 8 nitrogen and oxygen atoms in total. The van der Waals surface area contributed by atoms with E-state index in [1.807, 2.05) is 29.2 Å². The van der Waals surface area contributed by atoms with Gasteiger partial charge >= 0.3 is 0 Å². The minimum absolute atomic E-state index is 0.0187. The Hall–Kier alpha value is -2.07. The molecule has 1 saturated carbocycles. The Morgan fingerprint density at radius 1 is 1.16 bits per heavy atom. The maximum absolute atomic E-state index is 13.2. The van der Waals surface area contributed by atoms with Gasteiger partial charge in [-0.1, -0.05) is 31.0 Å². The number of rotatable bonds is 7. The van der Waals surface area contributed by atoms with Gasteiger partial charge in [-0.3, -0.25) is 9.89 Å². The highest BCUT2D eigenvalue weighted by Gasteiger charge is 2.38. The quantitative estimate of drug-likeness (QED) is 0.628. The summed E-state index contributed by atoms with van der Waals surface area (Å²) < 4.78 is 29.2. The fourth-order valence-electron chi connectivity index (χ4n) is 4.45. The van der Waals surface area contributed by atoms with Crippen molar-refractivity contribution in [2.24, 2.45) is 0 Å². The van der Waals surface area contributed by atoms with Crippen molar-refractivity contribution in [3.8, 4) is 17.1 Å². The first kappa shape index (κ1) is 22.1. The third kappa shape index (κ3) is 5.41. The summed E-state index contributed by atoms with van der Waals surface area (Å²) in [5, 5.41) is 7.64. The molecule has 1 aromatic carbocycles. The molecule has 1 amide bonds. The summed E-state index contributed by atoms with van der Waals surface area (Å²) in [4.78, 5) is 19.6. The van der Waals surface area contributed by atoms with Gasteiger partial charge in [-0.2, -0.15) is 0 Å². The second-order valence-electron chi connectivity index (χ2n) is 8.13. The highest BCUT2D eigenvalue weighted by Crippen LogP contribution is 2.30. The third-order valence-electron chi connectivity index (χ3n) is 6.01. The van der Waals surface area contributed by atoms with Crippen molar-refractivity contribution in [1.29, 1.82) is 0 Å². The normalized spacial score (nSPS) is 21.1. The summed E-state index contributed by atoms with van der Waals surface area (Å²) in [5.74, 6) is 1.83. The smallest absolute Gasteiger partial charge is 0.233 e.